The van der Waals surface area contributed by atoms with E-state index < -0.39 is 43.3 Å². The lowest BCUT2D eigenvalue weighted by molar-refractivity contribution is -0.141. The number of nitrogens with one attached hydrogen (secondary N) is 1. The van der Waals surface area contributed by atoms with Crippen LogP contribution >= 0.6 is 11.6 Å². The van der Waals surface area contributed by atoms with Crippen molar-refractivity contribution < 1.29 is 32.2 Å². The molecule has 0 saturated heterocycles. The van der Waals surface area contributed by atoms with Gasteiger partial charge in [-0.25, -0.2) is 14.2 Å². The summed E-state index contributed by atoms with van der Waals surface area (Å²) in [6, 6.07) is 8.31. The van der Waals surface area contributed by atoms with Crippen LogP contribution in [0.2, 0.25) is 30.7 Å². The third-order valence-corrected chi connectivity index (χ3v) is 8.22. The summed E-state index contributed by atoms with van der Waals surface area (Å²) in [7, 11) is -0.0682. The van der Waals surface area contributed by atoms with Crippen LogP contribution in [0.25, 0.3) is 11.0 Å². The van der Waals surface area contributed by atoms with Crippen LogP contribution in [-0.4, -0.2) is 45.1 Å². The molecular formula is C26H28ClF4N5O3Si. The van der Waals surface area contributed by atoms with Gasteiger partial charge < -0.3 is 19.7 Å². The Hall–Kier alpha value is -3.42. The third kappa shape index (κ3) is 6.48. The van der Waals surface area contributed by atoms with Crippen LogP contribution in [0.15, 0.2) is 42.7 Å². The molecule has 0 aliphatic rings. The molecule has 2 aromatic heterocycles. The smallest absolute Gasteiger partial charge is 0.436 e. The van der Waals surface area contributed by atoms with Crippen LogP contribution < -0.4 is 5.32 Å². The normalized spacial score (nSPS) is 13.1. The molecule has 0 bridgehead atoms. The maximum Gasteiger partial charge on any atom is 0.436 e. The van der Waals surface area contributed by atoms with Gasteiger partial charge in [0.2, 0.25) is 0 Å². The van der Waals surface area contributed by atoms with Gasteiger partial charge in [0.15, 0.2) is 5.69 Å². The summed E-state index contributed by atoms with van der Waals surface area (Å²) in [5, 5.41) is 16.3. The van der Waals surface area contributed by atoms with Gasteiger partial charge >= 0.3 is 12.1 Å². The predicted octanol–water partition coefficient (Wildman–Crippen LogP) is 6.79. The molecule has 8 nitrogen and oxygen atoms in total. The number of aromatic nitrogens is 4. The highest BCUT2D eigenvalue weighted by Gasteiger charge is 2.43. The Morgan fingerprint density at radius 3 is 2.55 bits per heavy atom. The number of rotatable bonds is 10. The zero-order valence-electron chi connectivity index (χ0n) is 22.2. The number of benzene rings is 2. The zero-order valence-corrected chi connectivity index (χ0v) is 23.9. The molecule has 2 aromatic carbocycles. The third-order valence-electron chi connectivity index (χ3n) is 6.28. The number of ether oxygens (including phenoxy) is 1. The molecule has 0 radical (unpaired) electrons. The highest BCUT2D eigenvalue weighted by Crippen LogP contribution is 2.38. The summed E-state index contributed by atoms with van der Waals surface area (Å²) in [4.78, 5) is 16.4. The molecule has 1 atom stereocenters. The average Bonchev–Trinajstić information content (AvgIpc) is 3.40. The van der Waals surface area contributed by atoms with E-state index in [-0.39, 0.29) is 16.3 Å². The summed E-state index contributed by atoms with van der Waals surface area (Å²) in [6.45, 7) is 7.70. The van der Waals surface area contributed by atoms with E-state index >= 15 is 4.39 Å². The maximum absolute atomic E-state index is 15.1. The number of carbonyl (C=O) groups is 1. The fraction of sp³-hybridized carbons (Fsp3) is 0.346. The standard InChI is InChI=1S/C26H28ClF4N5O3Si/c1-35-23(21(25(37)38)24(34-35)26(29,30)31)22(17-7-5-15(27)11-18(17)28)33-16-6-8-20-19(12-16)32-13-36(20)14-39-9-10-40(2,3)4/h5-8,11-13,22,33H,9-10,14H2,1-4H3,(H,37,38). The number of aryl methyl sites for hydroxylation is 1. The van der Waals surface area contributed by atoms with E-state index in [1.165, 1.54) is 19.2 Å². The minimum absolute atomic E-state index is 0.0680. The van der Waals surface area contributed by atoms with Gasteiger partial charge in [-0.05, 0) is 36.4 Å². The first-order chi connectivity index (χ1) is 18.7. The average molecular weight is 598 g/mol. The minimum Gasteiger partial charge on any atom is -0.478 e. The van der Waals surface area contributed by atoms with Crippen LogP contribution in [-0.2, 0) is 24.7 Å². The van der Waals surface area contributed by atoms with Crippen molar-refractivity contribution in [3.63, 3.8) is 0 Å². The number of anilines is 1. The van der Waals surface area contributed by atoms with E-state index in [1.807, 2.05) is 4.57 Å². The van der Waals surface area contributed by atoms with Crippen LogP contribution in [0, 0.1) is 5.82 Å². The van der Waals surface area contributed by atoms with Gasteiger partial charge in [0.05, 0.1) is 29.1 Å². The zero-order chi connectivity index (χ0) is 29.4. The number of fused-ring (bicyclic) bond motifs is 1. The molecule has 4 aromatic rings. The quantitative estimate of drug-likeness (QED) is 0.119. The fourth-order valence-corrected chi connectivity index (χ4v) is 5.19. The molecule has 2 heterocycles. The first-order valence-electron chi connectivity index (χ1n) is 12.3. The van der Waals surface area contributed by atoms with Crippen molar-refractivity contribution >= 4 is 42.4 Å². The first kappa shape index (κ1) is 29.6. The number of hydrogen-bond acceptors (Lipinski definition) is 5. The van der Waals surface area contributed by atoms with Crippen LogP contribution in [0.5, 0.6) is 0 Å². The molecule has 14 heteroatoms. The van der Waals surface area contributed by atoms with Crippen molar-refractivity contribution in [2.75, 3.05) is 11.9 Å². The summed E-state index contributed by atoms with van der Waals surface area (Å²) >= 11 is 5.90. The molecule has 0 saturated carbocycles. The Morgan fingerprint density at radius 1 is 1.20 bits per heavy atom. The predicted molar refractivity (Wildman–Crippen MR) is 146 cm³/mol. The molecule has 4 rings (SSSR count). The fourth-order valence-electron chi connectivity index (χ4n) is 4.27. The second-order valence-electron chi connectivity index (χ2n) is 10.5. The van der Waals surface area contributed by atoms with E-state index in [0.717, 1.165) is 22.3 Å². The summed E-state index contributed by atoms with van der Waals surface area (Å²) in [6.07, 6.45) is -3.44. The van der Waals surface area contributed by atoms with Crippen molar-refractivity contribution in [2.45, 2.75) is 44.6 Å². The van der Waals surface area contributed by atoms with Gasteiger partial charge in [0.1, 0.15) is 18.1 Å². The molecule has 0 spiro atoms. The van der Waals surface area contributed by atoms with Gasteiger partial charge in [0, 0.05) is 38.0 Å². The lowest BCUT2D eigenvalue weighted by atomic mass is 9.98. The Morgan fingerprint density at radius 2 is 1.93 bits per heavy atom. The molecule has 0 fully saturated rings. The molecule has 0 aliphatic carbocycles. The number of imidazole rings is 1. The number of halogens is 5. The van der Waals surface area contributed by atoms with Gasteiger partial charge in [-0.3, -0.25) is 4.68 Å². The summed E-state index contributed by atoms with van der Waals surface area (Å²) in [5.41, 5.74) is -1.51. The highest BCUT2D eigenvalue weighted by atomic mass is 35.5. The molecular weight excluding hydrogens is 570 g/mol. The highest BCUT2D eigenvalue weighted by molar-refractivity contribution is 6.76. The number of alkyl halides is 3. The first-order valence-corrected chi connectivity index (χ1v) is 16.4. The second-order valence-corrected chi connectivity index (χ2v) is 16.6. The lowest BCUT2D eigenvalue weighted by Crippen LogP contribution is -2.22. The topological polar surface area (TPSA) is 94.2 Å². The van der Waals surface area contributed by atoms with Crippen LogP contribution in [0.4, 0.5) is 23.2 Å². The monoisotopic (exact) mass is 597 g/mol. The second kappa shape index (κ2) is 11.2. The number of hydrogen-bond donors (Lipinski definition) is 2. The van der Waals surface area contributed by atoms with E-state index in [4.69, 9.17) is 16.3 Å². The molecule has 214 valence electrons. The van der Waals surface area contributed by atoms with E-state index in [2.05, 4.69) is 35.0 Å². The Balaban J connectivity index is 1.73. The van der Waals surface area contributed by atoms with Gasteiger partial charge in [-0.15, -0.1) is 0 Å². The summed E-state index contributed by atoms with van der Waals surface area (Å²) in [5.74, 6) is -2.68. The number of nitrogens with zero attached hydrogens (tertiary/aromatic N) is 4. The van der Waals surface area contributed by atoms with Crippen molar-refractivity contribution in [3.8, 4) is 0 Å². The largest absolute Gasteiger partial charge is 0.478 e. The number of carboxylic acid groups (broad SMARTS) is 1. The molecule has 0 aliphatic heterocycles. The summed E-state index contributed by atoms with van der Waals surface area (Å²) < 4.78 is 64.6. The van der Waals surface area contributed by atoms with Crippen molar-refractivity contribution in [1.29, 1.82) is 0 Å². The Labute approximate surface area is 233 Å². The van der Waals surface area contributed by atoms with Crippen molar-refractivity contribution in [1.82, 2.24) is 19.3 Å². The SMILES string of the molecule is Cn1nc(C(F)(F)F)c(C(=O)O)c1C(Nc1ccc2c(c1)ncn2COCC[Si](C)(C)C)c1ccc(Cl)cc1F. The van der Waals surface area contributed by atoms with E-state index in [1.54, 1.807) is 24.5 Å². The van der Waals surface area contributed by atoms with Gasteiger partial charge in [0.25, 0.3) is 0 Å². The minimum atomic E-state index is -5.05. The van der Waals surface area contributed by atoms with Crippen molar-refractivity contribution in [3.05, 3.63) is 76.1 Å². The van der Waals surface area contributed by atoms with Crippen LogP contribution in [0.1, 0.15) is 33.4 Å². The van der Waals surface area contributed by atoms with E-state index in [9.17, 15) is 23.1 Å². The Kier molecular flexibility index (Phi) is 8.29. The number of carboxylic acids is 1. The van der Waals surface area contributed by atoms with E-state index in [0.29, 0.717) is 24.5 Å². The molecule has 0 amide bonds. The molecule has 40 heavy (non-hydrogen) atoms. The van der Waals surface area contributed by atoms with Crippen LogP contribution in [0.3, 0.4) is 0 Å². The molecule has 2 N–H and O–H groups in total. The lowest BCUT2D eigenvalue weighted by Gasteiger charge is -2.22. The Bertz CT molecular complexity index is 1550. The van der Waals surface area contributed by atoms with Gasteiger partial charge in [-0.2, -0.15) is 18.3 Å². The number of aromatic carboxylic acids is 1. The van der Waals surface area contributed by atoms with Gasteiger partial charge in [-0.1, -0.05) is 37.3 Å². The maximum atomic E-state index is 15.1. The van der Waals surface area contributed by atoms with Crippen molar-refractivity contribution in [2.24, 2.45) is 7.05 Å². The molecule has 1 unspecified atom stereocenters.